The van der Waals surface area contributed by atoms with E-state index < -0.39 is 11.9 Å². The first-order valence-corrected chi connectivity index (χ1v) is 13.7. The van der Waals surface area contributed by atoms with E-state index >= 15 is 0 Å². The maximum Gasteiger partial charge on any atom is 0.240 e. The number of primary amides is 1. The number of amides is 2. The van der Waals surface area contributed by atoms with Gasteiger partial charge in [0.15, 0.2) is 0 Å². The Morgan fingerprint density at radius 2 is 1.80 bits per heavy atom. The van der Waals surface area contributed by atoms with E-state index in [9.17, 15) is 9.59 Å². The van der Waals surface area contributed by atoms with Gasteiger partial charge in [-0.1, -0.05) is 24.3 Å². The molecule has 1 aliphatic rings. The van der Waals surface area contributed by atoms with Crippen LogP contribution in [0.4, 0.5) is 5.69 Å². The number of methoxy groups -OCH3 is 1. The molecule has 41 heavy (non-hydrogen) atoms. The van der Waals surface area contributed by atoms with E-state index in [1.165, 1.54) is 0 Å². The van der Waals surface area contributed by atoms with Crippen molar-refractivity contribution in [2.75, 3.05) is 18.6 Å². The number of nitrogens with two attached hydrogens (primary N) is 2. The molecule has 0 spiro atoms. The third-order valence-corrected chi connectivity index (χ3v) is 8.07. The number of nitrogens with one attached hydrogen (secondary N) is 1. The second-order valence-corrected chi connectivity index (χ2v) is 10.6. The van der Waals surface area contributed by atoms with Crippen LogP contribution >= 0.6 is 12.4 Å². The number of carbonyl (C=O) groups is 2. The number of nitrogens with zero attached hydrogens (tertiary/aromatic N) is 3. The Labute approximate surface area is 246 Å². The molecular weight excluding hydrogens is 540 g/mol. The van der Waals surface area contributed by atoms with Crippen molar-refractivity contribution in [1.29, 1.82) is 0 Å². The number of aryl methyl sites for hydroxylation is 1. The molecule has 1 fully saturated rings. The van der Waals surface area contributed by atoms with Gasteiger partial charge in [-0.25, -0.2) is 4.98 Å². The number of hydrogen-bond donors (Lipinski definition) is 3. The zero-order valence-electron chi connectivity index (χ0n) is 23.4. The number of H-pyrrole nitrogens is 1. The molecule has 10 heteroatoms. The average Bonchev–Trinajstić information content (AvgIpc) is 3.45. The molecule has 4 aromatic rings. The molecule has 2 heterocycles. The molecule has 216 valence electrons. The van der Waals surface area contributed by atoms with Gasteiger partial charge >= 0.3 is 0 Å². The molecule has 1 saturated carbocycles. The molecule has 0 saturated heterocycles. The van der Waals surface area contributed by atoms with Crippen molar-refractivity contribution in [1.82, 2.24) is 15.2 Å². The highest BCUT2D eigenvalue weighted by atomic mass is 35.5. The summed E-state index contributed by atoms with van der Waals surface area (Å²) in [6, 6.07) is 16.5. The van der Waals surface area contributed by atoms with Crippen molar-refractivity contribution >= 4 is 40.8 Å². The van der Waals surface area contributed by atoms with Gasteiger partial charge < -0.3 is 16.2 Å². The number of rotatable bonds is 9. The minimum absolute atomic E-state index is 0. The summed E-state index contributed by atoms with van der Waals surface area (Å²) in [6.45, 7) is 2.57. The third kappa shape index (κ3) is 6.52. The zero-order valence-corrected chi connectivity index (χ0v) is 24.2. The summed E-state index contributed by atoms with van der Waals surface area (Å²) in [5, 5.41) is 8.00. The molecule has 2 aromatic carbocycles. The summed E-state index contributed by atoms with van der Waals surface area (Å²) >= 11 is 0. The molecule has 2 aromatic heterocycles. The van der Waals surface area contributed by atoms with Crippen LogP contribution in [-0.4, -0.2) is 46.7 Å². The van der Waals surface area contributed by atoms with E-state index in [1.807, 2.05) is 61.5 Å². The number of halogens is 1. The second-order valence-electron chi connectivity index (χ2n) is 10.6. The number of ether oxygens (including phenoxy) is 1. The van der Waals surface area contributed by atoms with E-state index in [-0.39, 0.29) is 24.2 Å². The van der Waals surface area contributed by atoms with Crippen LogP contribution in [0.5, 0.6) is 5.88 Å². The Morgan fingerprint density at radius 1 is 1.07 bits per heavy atom. The van der Waals surface area contributed by atoms with E-state index in [2.05, 4.69) is 15.2 Å². The van der Waals surface area contributed by atoms with Gasteiger partial charge in [0.2, 0.25) is 17.7 Å². The van der Waals surface area contributed by atoms with Crippen molar-refractivity contribution < 1.29 is 14.3 Å². The lowest BCUT2D eigenvalue weighted by molar-refractivity contribution is -0.127. The Balaban J connectivity index is 0.00000387. The van der Waals surface area contributed by atoms with Gasteiger partial charge in [0.25, 0.3) is 0 Å². The van der Waals surface area contributed by atoms with E-state index in [4.69, 9.17) is 16.2 Å². The molecule has 5 rings (SSSR count). The topological polar surface area (TPSA) is 140 Å². The second kappa shape index (κ2) is 13.1. The number of anilines is 1. The lowest BCUT2D eigenvalue weighted by atomic mass is 9.81. The largest absolute Gasteiger partial charge is 0.481 e. The maximum atomic E-state index is 14.1. The minimum atomic E-state index is -0.852. The van der Waals surface area contributed by atoms with Crippen LogP contribution in [0, 0.1) is 18.8 Å². The number of aromatic nitrogens is 3. The van der Waals surface area contributed by atoms with E-state index in [0.29, 0.717) is 30.5 Å². The Morgan fingerprint density at radius 3 is 2.44 bits per heavy atom. The molecule has 0 unspecified atom stereocenters. The first-order valence-electron chi connectivity index (χ1n) is 13.7. The first kappa shape index (κ1) is 30.0. The highest BCUT2D eigenvalue weighted by molar-refractivity contribution is 6.03. The normalized spacial score (nSPS) is 17.4. The van der Waals surface area contributed by atoms with Gasteiger partial charge in [0.1, 0.15) is 6.04 Å². The summed E-state index contributed by atoms with van der Waals surface area (Å²) < 4.78 is 5.22. The van der Waals surface area contributed by atoms with Crippen LogP contribution in [0.25, 0.3) is 22.0 Å². The van der Waals surface area contributed by atoms with E-state index in [1.54, 1.807) is 18.2 Å². The smallest absolute Gasteiger partial charge is 0.240 e. The number of hydrogen-bond acceptors (Lipinski definition) is 6. The predicted octanol–water partition coefficient (Wildman–Crippen LogP) is 4.56. The van der Waals surface area contributed by atoms with Crippen molar-refractivity contribution in [3.8, 4) is 17.0 Å². The van der Waals surface area contributed by atoms with Gasteiger partial charge in [-0.3, -0.25) is 19.6 Å². The summed E-state index contributed by atoms with van der Waals surface area (Å²) in [5.74, 6) is 0.197. The number of benzene rings is 2. The van der Waals surface area contributed by atoms with Crippen LogP contribution in [-0.2, 0) is 16.0 Å². The van der Waals surface area contributed by atoms with Crippen LogP contribution in [0.2, 0.25) is 0 Å². The number of carbonyl (C=O) groups excluding carboxylic acids is 2. The van der Waals surface area contributed by atoms with Crippen molar-refractivity contribution in [2.24, 2.45) is 23.3 Å². The Hall–Kier alpha value is -3.95. The van der Waals surface area contributed by atoms with Gasteiger partial charge in [0.05, 0.1) is 18.8 Å². The molecule has 1 aliphatic carbocycles. The molecule has 5 N–H and O–H groups in total. The van der Waals surface area contributed by atoms with Crippen LogP contribution in [0.3, 0.4) is 0 Å². The molecule has 0 aliphatic heterocycles. The molecule has 0 radical (unpaired) electrons. The molecular formula is C31H37ClN6O3. The standard InChI is InChI=1S/C31H36N6O3.ClH/c1-19-26(13-14-29(35-19)40-2)22-7-3-20(4-8-22)15-28(30(33)38)37(25-12-11-24-18-34-36-27(24)16-25)31(39)23-9-5-21(17-32)6-10-23;/h3-4,7-8,11-14,16,18,21,23,28H,5-6,9-10,15,17,32H2,1-2H3,(H2,33,38)(H,34,36);1H/t21-,23-,28-;/m0./s1. The monoisotopic (exact) mass is 576 g/mol. The summed E-state index contributed by atoms with van der Waals surface area (Å²) in [5.41, 5.74) is 17.1. The van der Waals surface area contributed by atoms with Gasteiger partial charge in [0, 0.05) is 40.7 Å². The number of fused-ring (bicyclic) bond motifs is 1. The Bertz CT molecular complexity index is 1500. The lowest BCUT2D eigenvalue weighted by Crippen LogP contribution is -2.52. The fourth-order valence-electron chi connectivity index (χ4n) is 5.70. The van der Waals surface area contributed by atoms with Gasteiger partial charge in [-0.2, -0.15) is 5.10 Å². The zero-order chi connectivity index (χ0) is 28.2. The van der Waals surface area contributed by atoms with Crippen LogP contribution < -0.4 is 21.1 Å². The van der Waals surface area contributed by atoms with Gasteiger partial charge in [-0.05, 0) is 80.5 Å². The van der Waals surface area contributed by atoms with Crippen LogP contribution in [0.15, 0.2) is 60.8 Å². The quantitative estimate of drug-likeness (QED) is 0.267. The summed E-state index contributed by atoms with van der Waals surface area (Å²) in [4.78, 5) is 33.1. The summed E-state index contributed by atoms with van der Waals surface area (Å²) in [7, 11) is 1.59. The van der Waals surface area contributed by atoms with Crippen LogP contribution in [0.1, 0.15) is 36.9 Å². The SMILES string of the molecule is COc1ccc(-c2ccc(C[C@@H](C(N)=O)N(c3ccc4cn[nH]c4c3)C(=O)[C@H]3CC[C@H](CN)CC3)cc2)c(C)n1.Cl. The van der Waals surface area contributed by atoms with Crippen molar-refractivity contribution in [2.45, 2.75) is 45.1 Å². The van der Waals surface area contributed by atoms with Crippen molar-refractivity contribution in [3.63, 3.8) is 0 Å². The fourth-order valence-corrected chi connectivity index (χ4v) is 5.70. The number of aromatic amines is 1. The highest BCUT2D eigenvalue weighted by Gasteiger charge is 2.36. The number of pyridine rings is 1. The van der Waals surface area contributed by atoms with Crippen molar-refractivity contribution in [3.05, 3.63) is 72.1 Å². The molecule has 9 nitrogen and oxygen atoms in total. The van der Waals surface area contributed by atoms with Gasteiger partial charge in [-0.15, -0.1) is 12.4 Å². The minimum Gasteiger partial charge on any atom is -0.481 e. The molecule has 0 bridgehead atoms. The molecule has 2 amide bonds. The highest BCUT2D eigenvalue weighted by Crippen LogP contribution is 2.33. The van der Waals surface area contributed by atoms with E-state index in [0.717, 1.165) is 59.0 Å². The fraction of sp³-hybridized carbons (Fsp3) is 0.355. The predicted molar refractivity (Wildman–Crippen MR) is 163 cm³/mol. The third-order valence-electron chi connectivity index (χ3n) is 8.07. The summed E-state index contributed by atoms with van der Waals surface area (Å²) in [6.07, 6.45) is 5.33. The Kier molecular flexibility index (Phi) is 9.62. The lowest BCUT2D eigenvalue weighted by Gasteiger charge is -2.35. The first-order chi connectivity index (χ1) is 19.4. The maximum absolute atomic E-state index is 14.1. The molecule has 1 atom stereocenters. The average molecular weight is 577 g/mol.